The molecule has 7 heteroatoms. The lowest BCUT2D eigenvalue weighted by Gasteiger charge is -2.10. The first-order valence-electron chi connectivity index (χ1n) is 7.90. The minimum absolute atomic E-state index is 0.210. The monoisotopic (exact) mass is 319 g/mol. The van der Waals surface area contributed by atoms with Gasteiger partial charge >= 0.3 is 0 Å². The van der Waals surface area contributed by atoms with E-state index in [-0.39, 0.29) is 12.0 Å². The van der Waals surface area contributed by atoms with Crippen molar-refractivity contribution in [1.82, 2.24) is 15.5 Å². The average Bonchev–Trinajstić information content (AvgIpc) is 3.32. The summed E-state index contributed by atoms with van der Waals surface area (Å²) in [6.45, 7) is 2.64. The van der Waals surface area contributed by atoms with Crippen LogP contribution in [-0.4, -0.2) is 48.6 Å². The Kier molecular flexibility index (Phi) is 5.44. The Hall–Kier alpha value is -2.12. The largest absolute Gasteiger partial charge is 0.463 e. The first kappa shape index (κ1) is 15.8. The fourth-order valence-corrected chi connectivity index (χ4v) is 2.45. The van der Waals surface area contributed by atoms with E-state index in [4.69, 9.17) is 13.9 Å². The van der Waals surface area contributed by atoms with E-state index in [0.717, 1.165) is 25.9 Å². The van der Waals surface area contributed by atoms with Gasteiger partial charge in [-0.25, -0.2) is 0 Å². The van der Waals surface area contributed by atoms with Gasteiger partial charge in [-0.05, 0) is 31.4 Å². The number of nitrogens with zero attached hydrogens (tertiary/aromatic N) is 1. The van der Waals surface area contributed by atoms with Crippen LogP contribution in [0.3, 0.4) is 0 Å². The standard InChI is InChI=1S/C16H21N3O4/c20-16(14-10-13(18-19-14)15-5-2-9-23-15)17-6-3-7-21-11-12-4-1-8-22-12/h2,5,9-10,12H,1,3-4,6-8,11H2,(H,17,20)(H,18,19)/t12-/m0/s1. The molecule has 0 saturated carbocycles. The molecule has 2 aromatic rings. The molecule has 2 N–H and O–H groups in total. The molecule has 0 aliphatic carbocycles. The van der Waals surface area contributed by atoms with Crippen molar-refractivity contribution in [2.75, 3.05) is 26.4 Å². The number of aromatic nitrogens is 2. The lowest BCUT2D eigenvalue weighted by molar-refractivity contribution is 0.0166. The highest BCUT2D eigenvalue weighted by Crippen LogP contribution is 2.17. The van der Waals surface area contributed by atoms with Crippen LogP contribution in [-0.2, 0) is 9.47 Å². The Morgan fingerprint density at radius 1 is 1.52 bits per heavy atom. The summed E-state index contributed by atoms with van der Waals surface area (Å²) in [6, 6.07) is 5.26. The van der Waals surface area contributed by atoms with Crippen molar-refractivity contribution < 1.29 is 18.7 Å². The molecule has 1 fully saturated rings. The maximum Gasteiger partial charge on any atom is 0.271 e. The molecule has 0 bridgehead atoms. The molecule has 124 valence electrons. The minimum atomic E-state index is -0.210. The Bertz CT molecular complexity index is 603. The van der Waals surface area contributed by atoms with Gasteiger partial charge in [0.2, 0.25) is 0 Å². The van der Waals surface area contributed by atoms with E-state index in [1.54, 1.807) is 24.5 Å². The molecular weight excluding hydrogens is 298 g/mol. The molecule has 3 heterocycles. The van der Waals surface area contributed by atoms with Gasteiger partial charge in [-0.3, -0.25) is 9.89 Å². The number of aromatic amines is 1. The molecule has 1 atom stereocenters. The molecule has 2 aromatic heterocycles. The summed E-state index contributed by atoms with van der Waals surface area (Å²) >= 11 is 0. The van der Waals surface area contributed by atoms with Gasteiger partial charge in [0.1, 0.15) is 5.69 Å². The summed E-state index contributed by atoms with van der Waals surface area (Å²) in [7, 11) is 0. The highest BCUT2D eigenvalue weighted by molar-refractivity contribution is 5.93. The van der Waals surface area contributed by atoms with E-state index < -0.39 is 0 Å². The molecule has 1 aliphatic heterocycles. The molecule has 0 unspecified atom stereocenters. The van der Waals surface area contributed by atoms with Gasteiger partial charge in [0, 0.05) is 25.8 Å². The van der Waals surface area contributed by atoms with E-state index in [0.29, 0.717) is 36.9 Å². The fraction of sp³-hybridized carbons (Fsp3) is 0.500. The summed E-state index contributed by atoms with van der Waals surface area (Å²) in [6.07, 6.45) is 4.77. The minimum Gasteiger partial charge on any atom is -0.463 e. The second kappa shape index (κ2) is 7.94. The number of nitrogens with one attached hydrogen (secondary N) is 2. The van der Waals surface area contributed by atoms with Crippen LogP contribution in [0, 0.1) is 0 Å². The van der Waals surface area contributed by atoms with Crippen LogP contribution in [0.4, 0.5) is 0 Å². The molecule has 23 heavy (non-hydrogen) atoms. The third kappa shape index (κ3) is 4.43. The van der Waals surface area contributed by atoms with Crippen LogP contribution >= 0.6 is 0 Å². The second-order valence-electron chi connectivity index (χ2n) is 5.46. The molecule has 1 saturated heterocycles. The Labute approximate surface area is 134 Å². The highest BCUT2D eigenvalue weighted by Gasteiger charge is 2.15. The van der Waals surface area contributed by atoms with Gasteiger partial charge in [-0.1, -0.05) is 0 Å². The van der Waals surface area contributed by atoms with Crippen LogP contribution < -0.4 is 5.32 Å². The maximum absolute atomic E-state index is 12.0. The number of ether oxygens (including phenoxy) is 2. The molecule has 0 radical (unpaired) electrons. The van der Waals surface area contributed by atoms with Crippen molar-refractivity contribution in [2.45, 2.75) is 25.4 Å². The predicted molar refractivity (Wildman–Crippen MR) is 83.0 cm³/mol. The van der Waals surface area contributed by atoms with Crippen molar-refractivity contribution in [2.24, 2.45) is 0 Å². The number of hydrogen-bond acceptors (Lipinski definition) is 5. The normalized spacial score (nSPS) is 17.5. The number of carbonyl (C=O) groups is 1. The molecule has 0 spiro atoms. The van der Waals surface area contributed by atoms with Gasteiger partial charge in [0.15, 0.2) is 11.5 Å². The molecule has 3 rings (SSSR count). The van der Waals surface area contributed by atoms with Crippen molar-refractivity contribution >= 4 is 5.91 Å². The second-order valence-corrected chi connectivity index (χ2v) is 5.46. The molecule has 1 aliphatic rings. The van der Waals surface area contributed by atoms with Crippen molar-refractivity contribution in [3.05, 3.63) is 30.2 Å². The van der Waals surface area contributed by atoms with Crippen molar-refractivity contribution in [1.29, 1.82) is 0 Å². The topological polar surface area (TPSA) is 89.4 Å². The number of carbonyl (C=O) groups excluding carboxylic acids is 1. The van der Waals surface area contributed by atoms with E-state index >= 15 is 0 Å². The SMILES string of the molecule is O=C(NCCCOC[C@@H]1CCCO1)c1cc(-c2ccco2)[nH]n1. The van der Waals surface area contributed by atoms with Crippen LogP contribution in [0.15, 0.2) is 28.9 Å². The van der Waals surface area contributed by atoms with Gasteiger partial charge < -0.3 is 19.2 Å². The number of furan rings is 1. The quantitative estimate of drug-likeness (QED) is 0.726. The summed E-state index contributed by atoms with van der Waals surface area (Å²) in [4.78, 5) is 12.0. The fourth-order valence-electron chi connectivity index (χ4n) is 2.45. The van der Waals surface area contributed by atoms with Gasteiger partial charge in [0.25, 0.3) is 5.91 Å². The Balaban J connectivity index is 1.33. The van der Waals surface area contributed by atoms with Crippen molar-refractivity contribution in [3.8, 4) is 11.5 Å². The number of hydrogen-bond donors (Lipinski definition) is 2. The zero-order valence-electron chi connectivity index (χ0n) is 12.9. The number of H-pyrrole nitrogens is 1. The summed E-state index contributed by atoms with van der Waals surface area (Å²) < 4.78 is 16.3. The summed E-state index contributed by atoms with van der Waals surface area (Å²) in [5.74, 6) is 0.442. The molecular formula is C16H21N3O4. The first-order chi connectivity index (χ1) is 11.3. The highest BCUT2D eigenvalue weighted by atomic mass is 16.5. The summed E-state index contributed by atoms with van der Waals surface area (Å²) in [5, 5.41) is 9.61. The lowest BCUT2D eigenvalue weighted by atomic mass is 10.2. The third-order valence-electron chi connectivity index (χ3n) is 3.68. The summed E-state index contributed by atoms with van der Waals surface area (Å²) in [5.41, 5.74) is 1.02. The Morgan fingerprint density at radius 3 is 3.26 bits per heavy atom. The van der Waals surface area contributed by atoms with E-state index in [1.165, 1.54) is 0 Å². The smallest absolute Gasteiger partial charge is 0.271 e. The van der Waals surface area contributed by atoms with E-state index in [9.17, 15) is 4.79 Å². The zero-order valence-corrected chi connectivity index (χ0v) is 12.9. The predicted octanol–water partition coefficient (Wildman–Crippen LogP) is 1.99. The Morgan fingerprint density at radius 2 is 2.48 bits per heavy atom. The third-order valence-corrected chi connectivity index (χ3v) is 3.68. The molecule has 0 aromatic carbocycles. The van der Waals surface area contributed by atoms with Crippen LogP contribution in [0.25, 0.3) is 11.5 Å². The van der Waals surface area contributed by atoms with Crippen LogP contribution in [0.2, 0.25) is 0 Å². The van der Waals surface area contributed by atoms with Gasteiger partial charge in [0.05, 0.1) is 19.0 Å². The number of rotatable bonds is 8. The lowest BCUT2D eigenvalue weighted by Crippen LogP contribution is -2.26. The van der Waals surface area contributed by atoms with Gasteiger partial charge in [-0.2, -0.15) is 5.10 Å². The molecule has 1 amide bonds. The maximum atomic E-state index is 12.0. The van der Waals surface area contributed by atoms with Crippen molar-refractivity contribution in [3.63, 3.8) is 0 Å². The van der Waals surface area contributed by atoms with Gasteiger partial charge in [-0.15, -0.1) is 0 Å². The zero-order chi connectivity index (χ0) is 15.9. The average molecular weight is 319 g/mol. The first-order valence-corrected chi connectivity index (χ1v) is 7.90. The number of amides is 1. The van der Waals surface area contributed by atoms with Crippen LogP contribution in [0.5, 0.6) is 0 Å². The van der Waals surface area contributed by atoms with E-state index in [2.05, 4.69) is 15.5 Å². The molecule has 7 nitrogen and oxygen atoms in total. The van der Waals surface area contributed by atoms with E-state index in [1.807, 2.05) is 0 Å². The van der Waals surface area contributed by atoms with Crippen LogP contribution in [0.1, 0.15) is 29.8 Å².